The summed E-state index contributed by atoms with van der Waals surface area (Å²) in [5.74, 6) is -0.844. The molecular formula is C27H40N2O6. The number of allylic oxidation sites excluding steroid dienone is 4. The Bertz CT molecular complexity index is 882. The number of aliphatic hydroxyl groups is 1. The van der Waals surface area contributed by atoms with Gasteiger partial charge in [-0.2, -0.15) is 0 Å². The van der Waals surface area contributed by atoms with Crippen molar-refractivity contribution in [1.29, 1.82) is 0 Å². The van der Waals surface area contributed by atoms with Gasteiger partial charge in [0.25, 0.3) is 0 Å². The number of carboxylic acids is 1. The molecule has 0 aliphatic carbocycles. The Balaban J connectivity index is 2.67. The minimum atomic E-state index is -1.10. The van der Waals surface area contributed by atoms with E-state index in [1.165, 1.54) is 13.2 Å². The van der Waals surface area contributed by atoms with Crippen LogP contribution in [0.5, 0.6) is 11.5 Å². The van der Waals surface area contributed by atoms with E-state index in [0.29, 0.717) is 31.6 Å². The zero-order chi connectivity index (χ0) is 26.4. The number of phenolic OH excluding ortho intramolecular Hbond substituents is 1. The van der Waals surface area contributed by atoms with Gasteiger partial charge in [-0.15, -0.1) is 0 Å². The lowest BCUT2D eigenvalue weighted by Crippen LogP contribution is -2.51. The van der Waals surface area contributed by atoms with Gasteiger partial charge < -0.3 is 30.7 Å². The number of rotatable bonds is 17. The quantitative estimate of drug-likeness (QED) is 0.168. The minimum absolute atomic E-state index is 0.0576. The zero-order valence-corrected chi connectivity index (χ0v) is 21.0. The molecule has 4 atom stereocenters. The number of aliphatic hydroxyl groups excluding tert-OH is 1. The molecule has 8 heteroatoms. The van der Waals surface area contributed by atoms with Crippen LogP contribution in [-0.2, 0) is 16.0 Å². The lowest BCUT2D eigenvalue weighted by atomic mass is 9.88. The van der Waals surface area contributed by atoms with Crippen molar-refractivity contribution in [3.05, 3.63) is 60.7 Å². The predicted molar refractivity (Wildman–Crippen MR) is 138 cm³/mol. The standard InChI is InChI=1S/C27H40N2O6/c1-6-10-19(7-2)20(8-3)15-24(30)18(4)29-27(34)23(17-26(32)33)28-14-9-11-21-12-13-22(35-5)16-25(21)31/h6-7,10,12-13,16,18,20,23-24,28,30-31H,1-2,8-9,11,14-15,17H2,3-5H3,(H,29,34)(H,32,33)/b19-10+. The molecule has 0 aliphatic rings. The molecule has 1 aromatic rings. The lowest BCUT2D eigenvalue weighted by Gasteiger charge is -2.27. The SMILES string of the molecule is C=C/C=C(\C=C)C(CC)CC(O)C(C)NC(=O)C(CC(=O)O)NCCCc1ccc(OC)cc1O. The lowest BCUT2D eigenvalue weighted by molar-refractivity contribution is -0.140. The van der Waals surface area contributed by atoms with Gasteiger partial charge in [0, 0.05) is 6.07 Å². The van der Waals surface area contributed by atoms with E-state index in [1.54, 1.807) is 31.2 Å². The summed E-state index contributed by atoms with van der Waals surface area (Å²) in [6.07, 6.45) is 6.41. The van der Waals surface area contributed by atoms with E-state index in [-0.39, 0.29) is 18.1 Å². The number of aryl methyl sites for hydroxylation is 1. The Morgan fingerprint density at radius 1 is 1.26 bits per heavy atom. The molecule has 0 saturated heterocycles. The predicted octanol–water partition coefficient (Wildman–Crippen LogP) is 3.35. The highest BCUT2D eigenvalue weighted by molar-refractivity contribution is 5.86. The molecule has 194 valence electrons. The zero-order valence-electron chi connectivity index (χ0n) is 21.0. The number of nitrogens with one attached hydrogen (secondary N) is 2. The molecule has 0 heterocycles. The molecule has 0 fully saturated rings. The molecule has 0 spiro atoms. The van der Waals surface area contributed by atoms with Crippen molar-refractivity contribution < 1.29 is 29.6 Å². The molecule has 8 nitrogen and oxygen atoms in total. The molecule has 35 heavy (non-hydrogen) atoms. The van der Waals surface area contributed by atoms with Crippen LogP contribution in [0.1, 0.15) is 45.1 Å². The average molecular weight is 489 g/mol. The summed E-state index contributed by atoms with van der Waals surface area (Å²) in [5.41, 5.74) is 1.70. The van der Waals surface area contributed by atoms with Crippen molar-refractivity contribution in [2.45, 2.75) is 64.1 Å². The van der Waals surface area contributed by atoms with Crippen LogP contribution in [0.25, 0.3) is 0 Å². The number of hydrogen-bond acceptors (Lipinski definition) is 6. The molecular weight excluding hydrogens is 448 g/mol. The van der Waals surface area contributed by atoms with Crippen molar-refractivity contribution in [2.24, 2.45) is 5.92 Å². The summed E-state index contributed by atoms with van der Waals surface area (Å²) in [6, 6.07) is 3.54. The van der Waals surface area contributed by atoms with Crippen molar-refractivity contribution in [3.63, 3.8) is 0 Å². The molecule has 1 aromatic carbocycles. The first kappa shape index (κ1) is 29.9. The maximum absolute atomic E-state index is 12.8. The van der Waals surface area contributed by atoms with Crippen LogP contribution in [0.3, 0.4) is 0 Å². The van der Waals surface area contributed by atoms with E-state index in [2.05, 4.69) is 23.8 Å². The van der Waals surface area contributed by atoms with Crippen LogP contribution in [0.2, 0.25) is 0 Å². The molecule has 1 rings (SSSR count). The van der Waals surface area contributed by atoms with Crippen LogP contribution < -0.4 is 15.4 Å². The van der Waals surface area contributed by atoms with Crippen molar-refractivity contribution >= 4 is 11.9 Å². The van der Waals surface area contributed by atoms with Gasteiger partial charge in [-0.3, -0.25) is 9.59 Å². The molecule has 0 saturated carbocycles. The number of ether oxygens (including phenoxy) is 1. The van der Waals surface area contributed by atoms with E-state index < -0.39 is 30.1 Å². The van der Waals surface area contributed by atoms with Gasteiger partial charge in [-0.05, 0) is 62.3 Å². The first-order chi connectivity index (χ1) is 16.7. The molecule has 1 amide bonds. The fourth-order valence-electron chi connectivity index (χ4n) is 3.83. The van der Waals surface area contributed by atoms with E-state index in [9.17, 15) is 24.9 Å². The second-order valence-corrected chi connectivity index (χ2v) is 8.51. The molecule has 0 aliphatic heterocycles. The van der Waals surface area contributed by atoms with Gasteiger partial charge in [0.05, 0.1) is 31.7 Å². The molecule has 4 unspecified atom stereocenters. The number of phenols is 1. The Morgan fingerprint density at radius 2 is 1.97 bits per heavy atom. The highest BCUT2D eigenvalue weighted by atomic mass is 16.5. The number of carbonyl (C=O) groups is 2. The third kappa shape index (κ3) is 10.4. The Hall–Kier alpha value is -3.10. The van der Waals surface area contributed by atoms with Gasteiger partial charge in [0.1, 0.15) is 11.5 Å². The summed E-state index contributed by atoms with van der Waals surface area (Å²) >= 11 is 0. The summed E-state index contributed by atoms with van der Waals surface area (Å²) < 4.78 is 5.07. The van der Waals surface area contributed by atoms with Crippen molar-refractivity contribution in [3.8, 4) is 11.5 Å². The summed E-state index contributed by atoms with van der Waals surface area (Å²) in [5, 5.41) is 35.7. The maximum atomic E-state index is 12.8. The summed E-state index contributed by atoms with van der Waals surface area (Å²) in [7, 11) is 1.52. The van der Waals surface area contributed by atoms with E-state index in [4.69, 9.17) is 4.74 Å². The first-order valence-electron chi connectivity index (χ1n) is 11.9. The van der Waals surface area contributed by atoms with Crippen LogP contribution >= 0.6 is 0 Å². The van der Waals surface area contributed by atoms with E-state index in [1.807, 2.05) is 13.0 Å². The van der Waals surface area contributed by atoms with E-state index in [0.717, 1.165) is 17.6 Å². The van der Waals surface area contributed by atoms with Crippen LogP contribution in [0.15, 0.2) is 55.2 Å². The fraction of sp³-hybridized carbons (Fsp3) is 0.481. The molecule has 0 aromatic heterocycles. The summed E-state index contributed by atoms with van der Waals surface area (Å²) in [6.45, 7) is 11.6. The number of carboxylic acid groups (broad SMARTS) is 1. The number of methoxy groups -OCH3 is 1. The van der Waals surface area contributed by atoms with Gasteiger partial charge >= 0.3 is 5.97 Å². The van der Waals surface area contributed by atoms with Gasteiger partial charge in [-0.1, -0.05) is 44.4 Å². The topological polar surface area (TPSA) is 128 Å². The van der Waals surface area contributed by atoms with Crippen LogP contribution in [-0.4, -0.2) is 59.0 Å². The Morgan fingerprint density at radius 3 is 2.51 bits per heavy atom. The fourth-order valence-corrected chi connectivity index (χ4v) is 3.83. The second kappa shape index (κ2) is 15.7. The Labute approximate surface area is 208 Å². The smallest absolute Gasteiger partial charge is 0.305 e. The second-order valence-electron chi connectivity index (χ2n) is 8.51. The average Bonchev–Trinajstić information content (AvgIpc) is 2.83. The van der Waals surface area contributed by atoms with Crippen molar-refractivity contribution in [2.75, 3.05) is 13.7 Å². The van der Waals surface area contributed by atoms with Crippen LogP contribution in [0.4, 0.5) is 0 Å². The normalized spacial score (nSPS) is 14.9. The third-order valence-corrected chi connectivity index (χ3v) is 5.98. The van der Waals surface area contributed by atoms with Gasteiger partial charge in [-0.25, -0.2) is 0 Å². The number of hydrogen-bond donors (Lipinski definition) is 5. The highest BCUT2D eigenvalue weighted by Crippen LogP contribution is 2.25. The molecule has 0 radical (unpaired) electrons. The highest BCUT2D eigenvalue weighted by Gasteiger charge is 2.26. The number of aromatic hydroxyl groups is 1. The number of aliphatic carboxylic acids is 1. The number of amides is 1. The first-order valence-corrected chi connectivity index (χ1v) is 11.9. The van der Waals surface area contributed by atoms with Crippen LogP contribution in [0, 0.1) is 5.92 Å². The largest absolute Gasteiger partial charge is 0.508 e. The van der Waals surface area contributed by atoms with Gasteiger partial charge in [0.2, 0.25) is 5.91 Å². The third-order valence-electron chi connectivity index (χ3n) is 5.98. The summed E-state index contributed by atoms with van der Waals surface area (Å²) in [4.78, 5) is 24.1. The van der Waals surface area contributed by atoms with Gasteiger partial charge in [0.15, 0.2) is 0 Å². The monoisotopic (exact) mass is 488 g/mol. The minimum Gasteiger partial charge on any atom is -0.508 e. The van der Waals surface area contributed by atoms with E-state index >= 15 is 0 Å². The van der Waals surface area contributed by atoms with Crippen molar-refractivity contribution in [1.82, 2.24) is 10.6 Å². The molecule has 0 bridgehead atoms. The number of benzene rings is 1. The number of carbonyl (C=O) groups excluding carboxylic acids is 1. The maximum Gasteiger partial charge on any atom is 0.305 e. The Kier molecular flexibility index (Phi) is 13.5. The molecule has 5 N–H and O–H groups in total.